The van der Waals surface area contributed by atoms with Crippen molar-refractivity contribution in [2.45, 2.75) is 37.8 Å². The minimum atomic E-state index is 0.500. The van der Waals surface area contributed by atoms with Gasteiger partial charge in [-0.05, 0) is 38.1 Å². The monoisotopic (exact) mass is 155 g/mol. The molecule has 2 fully saturated rings. The molecule has 3 unspecified atom stereocenters. The van der Waals surface area contributed by atoms with Crippen molar-refractivity contribution >= 4 is 0 Å². The number of hydrogen-bond acceptors (Lipinski definition) is 2. The van der Waals surface area contributed by atoms with E-state index in [1.165, 1.54) is 32.2 Å². The molecule has 0 aromatic heterocycles. The zero-order chi connectivity index (χ0) is 7.68. The minimum absolute atomic E-state index is 0.500. The van der Waals surface area contributed by atoms with E-state index < -0.39 is 0 Å². The maximum Gasteiger partial charge on any atom is 0.0727 e. The predicted octanol–water partition coefficient (Wildman–Crippen LogP) is 1.16. The summed E-state index contributed by atoms with van der Waals surface area (Å²) in [7, 11) is 1.84. The van der Waals surface area contributed by atoms with E-state index in [0.29, 0.717) is 12.1 Å². The fourth-order valence-corrected chi connectivity index (χ4v) is 2.56. The van der Waals surface area contributed by atoms with Crippen LogP contribution in [0.4, 0.5) is 0 Å². The van der Waals surface area contributed by atoms with Gasteiger partial charge in [0.2, 0.25) is 0 Å². The number of rotatable bonds is 1. The Kier molecular flexibility index (Phi) is 2.14. The molecule has 64 valence electrons. The molecule has 2 rings (SSSR count). The van der Waals surface area contributed by atoms with Gasteiger partial charge in [0.25, 0.3) is 0 Å². The standard InChI is InChI=1S/C9H17NO/c1-11-8-5-4-7-3-2-6-10-9(7)8/h7-10H,2-6H2,1H3. The predicted molar refractivity (Wildman–Crippen MR) is 44.5 cm³/mol. The molecular formula is C9H17NO. The van der Waals surface area contributed by atoms with Gasteiger partial charge in [-0.25, -0.2) is 0 Å². The van der Waals surface area contributed by atoms with Gasteiger partial charge in [0.15, 0.2) is 0 Å². The lowest BCUT2D eigenvalue weighted by molar-refractivity contribution is 0.0714. The summed E-state index contributed by atoms with van der Waals surface area (Å²) >= 11 is 0. The molecule has 0 spiro atoms. The highest BCUT2D eigenvalue weighted by Gasteiger charge is 2.37. The van der Waals surface area contributed by atoms with Gasteiger partial charge in [0.1, 0.15) is 0 Å². The molecule has 1 aliphatic heterocycles. The van der Waals surface area contributed by atoms with E-state index >= 15 is 0 Å². The highest BCUT2D eigenvalue weighted by Crippen LogP contribution is 2.33. The molecule has 1 saturated carbocycles. The van der Waals surface area contributed by atoms with Gasteiger partial charge in [-0.2, -0.15) is 0 Å². The van der Waals surface area contributed by atoms with E-state index in [1.54, 1.807) is 0 Å². The molecular weight excluding hydrogens is 138 g/mol. The Morgan fingerprint density at radius 2 is 2.18 bits per heavy atom. The van der Waals surface area contributed by atoms with Crippen LogP contribution in [0.2, 0.25) is 0 Å². The summed E-state index contributed by atoms with van der Waals surface area (Å²) in [4.78, 5) is 0. The summed E-state index contributed by atoms with van der Waals surface area (Å²) in [6.07, 6.45) is 5.91. The van der Waals surface area contributed by atoms with E-state index in [9.17, 15) is 0 Å². The summed E-state index contributed by atoms with van der Waals surface area (Å²) in [5.74, 6) is 0.911. The van der Waals surface area contributed by atoms with Crippen LogP contribution >= 0.6 is 0 Å². The molecule has 0 radical (unpaired) electrons. The van der Waals surface area contributed by atoms with Crippen molar-refractivity contribution in [3.05, 3.63) is 0 Å². The zero-order valence-corrected chi connectivity index (χ0v) is 7.18. The van der Waals surface area contributed by atoms with Gasteiger partial charge in [-0.15, -0.1) is 0 Å². The van der Waals surface area contributed by atoms with Crippen LogP contribution in [0.3, 0.4) is 0 Å². The number of methoxy groups -OCH3 is 1. The average Bonchev–Trinajstić information content (AvgIpc) is 2.47. The number of piperidine rings is 1. The van der Waals surface area contributed by atoms with Gasteiger partial charge in [0.05, 0.1) is 6.10 Å². The number of nitrogens with one attached hydrogen (secondary N) is 1. The highest BCUT2D eigenvalue weighted by atomic mass is 16.5. The van der Waals surface area contributed by atoms with Crippen molar-refractivity contribution in [3.8, 4) is 0 Å². The Hall–Kier alpha value is -0.0800. The largest absolute Gasteiger partial charge is 0.380 e. The molecule has 1 N–H and O–H groups in total. The minimum Gasteiger partial charge on any atom is -0.380 e. The molecule has 2 nitrogen and oxygen atoms in total. The Bertz CT molecular complexity index is 132. The molecule has 3 atom stereocenters. The molecule has 2 heteroatoms. The fraction of sp³-hybridized carbons (Fsp3) is 1.00. The lowest BCUT2D eigenvalue weighted by Crippen LogP contribution is -2.44. The Morgan fingerprint density at radius 3 is 3.00 bits per heavy atom. The van der Waals surface area contributed by atoms with E-state index in [4.69, 9.17) is 4.74 Å². The van der Waals surface area contributed by atoms with Gasteiger partial charge in [-0.3, -0.25) is 0 Å². The number of hydrogen-bond donors (Lipinski definition) is 1. The third-order valence-electron chi connectivity index (χ3n) is 3.16. The van der Waals surface area contributed by atoms with Crippen molar-refractivity contribution in [1.29, 1.82) is 0 Å². The summed E-state index contributed by atoms with van der Waals surface area (Å²) in [6, 6.07) is 0.675. The maximum absolute atomic E-state index is 5.42. The summed E-state index contributed by atoms with van der Waals surface area (Å²) in [5, 5.41) is 3.56. The summed E-state index contributed by atoms with van der Waals surface area (Å²) in [6.45, 7) is 1.20. The van der Waals surface area contributed by atoms with Crippen LogP contribution in [-0.4, -0.2) is 25.8 Å². The Morgan fingerprint density at radius 1 is 1.27 bits per heavy atom. The second kappa shape index (κ2) is 3.11. The first-order valence-corrected chi connectivity index (χ1v) is 4.68. The van der Waals surface area contributed by atoms with Crippen LogP contribution in [0.15, 0.2) is 0 Å². The summed E-state index contributed by atoms with van der Waals surface area (Å²) in [5.41, 5.74) is 0. The summed E-state index contributed by atoms with van der Waals surface area (Å²) < 4.78 is 5.42. The molecule has 2 aliphatic rings. The first kappa shape index (κ1) is 7.56. The van der Waals surface area contributed by atoms with E-state index in [0.717, 1.165) is 5.92 Å². The van der Waals surface area contributed by atoms with Crippen molar-refractivity contribution < 1.29 is 4.74 Å². The van der Waals surface area contributed by atoms with Crippen LogP contribution in [0.5, 0.6) is 0 Å². The number of ether oxygens (including phenoxy) is 1. The third-order valence-corrected chi connectivity index (χ3v) is 3.16. The molecule has 0 aromatic carbocycles. The van der Waals surface area contributed by atoms with Gasteiger partial charge < -0.3 is 10.1 Å². The van der Waals surface area contributed by atoms with Crippen molar-refractivity contribution in [1.82, 2.24) is 5.32 Å². The lowest BCUT2D eigenvalue weighted by atomic mass is 9.93. The zero-order valence-electron chi connectivity index (χ0n) is 7.18. The smallest absolute Gasteiger partial charge is 0.0727 e. The maximum atomic E-state index is 5.42. The van der Waals surface area contributed by atoms with Crippen LogP contribution in [0, 0.1) is 5.92 Å². The van der Waals surface area contributed by atoms with Crippen molar-refractivity contribution in [3.63, 3.8) is 0 Å². The average molecular weight is 155 g/mol. The first-order chi connectivity index (χ1) is 5.42. The topological polar surface area (TPSA) is 21.3 Å². The van der Waals surface area contributed by atoms with E-state index in [-0.39, 0.29) is 0 Å². The molecule has 1 aliphatic carbocycles. The molecule has 1 heterocycles. The van der Waals surface area contributed by atoms with Crippen LogP contribution in [0.25, 0.3) is 0 Å². The molecule has 11 heavy (non-hydrogen) atoms. The van der Waals surface area contributed by atoms with Crippen LogP contribution < -0.4 is 5.32 Å². The van der Waals surface area contributed by atoms with Crippen LogP contribution in [-0.2, 0) is 4.74 Å². The van der Waals surface area contributed by atoms with Crippen molar-refractivity contribution in [2.75, 3.05) is 13.7 Å². The van der Waals surface area contributed by atoms with Crippen molar-refractivity contribution in [2.24, 2.45) is 5.92 Å². The lowest BCUT2D eigenvalue weighted by Gasteiger charge is -2.29. The van der Waals surface area contributed by atoms with E-state index in [1.807, 2.05) is 7.11 Å². The normalized spacial score (nSPS) is 43.9. The first-order valence-electron chi connectivity index (χ1n) is 4.68. The SMILES string of the molecule is COC1CCC2CCCNC21. The molecule has 0 bridgehead atoms. The van der Waals surface area contributed by atoms with Gasteiger partial charge >= 0.3 is 0 Å². The Balaban J connectivity index is 1.98. The molecule has 0 amide bonds. The molecule has 1 saturated heterocycles. The van der Waals surface area contributed by atoms with Crippen LogP contribution in [0.1, 0.15) is 25.7 Å². The van der Waals surface area contributed by atoms with Gasteiger partial charge in [-0.1, -0.05) is 0 Å². The third kappa shape index (κ3) is 1.30. The second-order valence-electron chi connectivity index (χ2n) is 3.73. The van der Waals surface area contributed by atoms with E-state index in [2.05, 4.69) is 5.32 Å². The fourth-order valence-electron chi connectivity index (χ4n) is 2.56. The highest BCUT2D eigenvalue weighted by molar-refractivity contribution is 4.93. The molecule has 0 aromatic rings. The number of fused-ring (bicyclic) bond motifs is 1. The Labute approximate surface area is 68.3 Å². The van der Waals surface area contributed by atoms with Gasteiger partial charge in [0, 0.05) is 13.2 Å². The quantitative estimate of drug-likeness (QED) is 0.613. The second-order valence-corrected chi connectivity index (χ2v) is 3.73.